The third-order valence-electron chi connectivity index (χ3n) is 3.49. The number of aromatic nitrogens is 3. The molecule has 0 radical (unpaired) electrons. The molecule has 6 nitrogen and oxygen atoms in total. The van der Waals surface area contributed by atoms with E-state index in [4.69, 9.17) is 15.4 Å². The number of nitrogens with zero attached hydrogens (tertiary/aromatic N) is 3. The summed E-state index contributed by atoms with van der Waals surface area (Å²) in [4.78, 5) is 0. The van der Waals surface area contributed by atoms with Crippen molar-refractivity contribution in [2.75, 3.05) is 6.61 Å². The highest BCUT2D eigenvalue weighted by molar-refractivity contribution is 8.13. The monoisotopic (exact) mass is 291 g/mol. The van der Waals surface area contributed by atoms with Crippen molar-refractivity contribution in [3.05, 3.63) is 5.82 Å². The molecule has 0 amide bonds. The number of halogens is 1. The van der Waals surface area contributed by atoms with Crippen LogP contribution in [0.3, 0.4) is 0 Å². The van der Waals surface area contributed by atoms with Crippen LogP contribution in [0.1, 0.15) is 44.5 Å². The van der Waals surface area contributed by atoms with Crippen molar-refractivity contribution in [3.8, 4) is 0 Å². The number of ether oxygens (including phenoxy) is 1. The summed E-state index contributed by atoms with van der Waals surface area (Å²) in [6.07, 6.45) is 3.62. The molecule has 8 heteroatoms. The lowest BCUT2D eigenvalue weighted by Gasteiger charge is -2.23. The maximum atomic E-state index is 11.5. The number of hydrogen-bond donors (Lipinski definition) is 0. The maximum absolute atomic E-state index is 11.5. The molecule has 0 N–H and O–H groups in total. The van der Waals surface area contributed by atoms with E-state index in [1.807, 2.05) is 6.92 Å². The Morgan fingerprint density at radius 2 is 2.17 bits per heavy atom. The van der Waals surface area contributed by atoms with Crippen LogP contribution in [-0.4, -0.2) is 29.8 Å². The fraction of sp³-hybridized carbons (Fsp3) is 0.800. The zero-order chi connectivity index (χ0) is 13.0. The molecular weight excluding hydrogens is 278 g/mol. The molecule has 3 rings (SSSR count). The largest absolute Gasteiger partial charge is 0.367 e. The Hall–Kier alpha value is -0.660. The Morgan fingerprint density at radius 3 is 2.67 bits per heavy atom. The molecule has 100 valence electrons. The molecule has 1 aliphatic heterocycles. The van der Waals surface area contributed by atoms with E-state index in [1.54, 1.807) is 4.57 Å². The summed E-state index contributed by atoms with van der Waals surface area (Å²) >= 11 is 0. The Morgan fingerprint density at radius 1 is 1.44 bits per heavy atom. The standard InChI is InChI=1S/C10H14ClN3O3S/c1-10(5-2-6-17-10)8-12-13-9(18(11,15)16)14(8)7-3-4-7/h7H,2-6H2,1H3. The van der Waals surface area contributed by atoms with Crippen LogP contribution < -0.4 is 0 Å². The summed E-state index contributed by atoms with van der Waals surface area (Å²) in [5.41, 5.74) is -0.546. The molecule has 2 fully saturated rings. The topological polar surface area (TPSA) is 74.1 Å². The van der Waals surface area contributed by atoms with E-state index >= 15 is 0 Å². The van der Waals surface area contributed by atoms with E-state index in [1.165, 1.54) is 0 Å². The normalized spacial score (nSPS) is 28.8. The van der Waals surface area contributed by atoms with Crippen LogP contribution in [-0.2, 0) is 19.4 Å². The van der Waals surface area contributed by atoms with Crippen molar-refractivity contribution in [2.45, 2.75) is 49.4 Å². The van der Waals surface area contributed by atoms with Crippen LogP contribution in [0, 0.1) is 0 Å². The van der Waals surface area contributed by atoms with Gasteiger partial charge in [-0.1, -0.05) is 0 Å². The van der Waals surface area contributed by atoms with Gasteiger partial charge >= 0.3 is 0 Å². The minimum absolute atomic E-state index is 0.138. The maximum Gasteiger partial charge on any atom is 0.296 e. The van der Waals surface area contributed by atoms with Gasteiger partial charge in [-0.2, -0.15) is 0 Å². The van der Waals surface area contributed by atoms with Gasteiger partial charge in [0.2, 0.25) is 0 Å². The zero-order valence-corrected chi connectivity index (χ0v) is 11.5. The Kier molecular flexibility index (Phi) is 2.69. The summed E-state index contributed by atoms with van der Waals surface area (Å²) in [5.74, 6) is 0.585. The lowest BCUT2D eigenvalue weighted by Crippen LogP contribution is -2.26. The third-order valence-corrected chi connectivity index (χ3v) is 4.61. The van der Waals surface area contributed by atoms with Gasteiger partial charge in [0.05, 0.1) is 0 Å². The zero-order valence-electron chi connectivity index (χ0n) is 9.97. The van der Waals surface area contributed by atoms with E-state index in [2.05, 4.69) is 10.2 Å². The van der Waals surface area contributed by atoms with E-state index in [0.29, 0.717) is 12.4 Å². The van der Waals surface area contributed by atoms with Gasteiger partial charge in [-0.3, -0.25) is 4.57 Å². The van der Waals surface area contributed by atoms with Gasteiger partial charge in [0.1, 0.15) is 5.60 Å². The van der Waals surface area contributed by atoms with Crippen LogP contribution in [0.2, 0.25) is 0 Å². The lowest BCUT2D eigenvalue weighted by atomic mass is 10.0. The second kappa shape index (κ2) is 3.91. The van der Waals surface area contributed by atoms with Crippen molar-refractivity contribution >= 4 is 19.7 Å². The second-order valence-electron chi connectivity index (χ2n) is 5.03. The van der Waals surface area contributed by atoms with E-state index in [9.17, 15) is 8.42 Å². The number of rotatable bonds is 3. The molecule has 2 heterocycles. The Balaban J connectivity index is 2.13. The highest BCUT2D eigenvalue weighted by atomic mass is 35.7. The van der Waals surface area contributed by atoms with Gasteiger partial charge in [0.25, 0.3) is 14.2 Å². The number of hydrogen-bond acceptors (Lipinski definition) is 5. The average Bonchev–Trinajstić information content (AvgIpc) is 2.85. The first kappa shape index (κ1) is 12.4. The first-order valence-corrected chi connectivity index (χ1v) is 8.27. The first-order chi connectivity index (χ1) is 8.42. The molecule has 1 aliphatic carbocycles. The van der Waals surface area contributed by atoms with Gasteiger partial charge in [-0.25, -0.2) is 8.42 Å². The molecule has 18 heavy (non-hydrogen) atoms. The molecule has 1 saturated carbocycles. The van der Waals surface area contributed by atoms with E-state index in [-0.39, 0.29) is 11.2 Å². The first-order valence-electron chi connectivity index (χ1n) is 5.96. The lowest BCUT2D eigenvalue weighted by molar-refractivity contribution is 0.00572. The Bertz CT molecular complexity index is 573. The summed E-state index contributed by atoms with van der Waals surface area (Å²) < 4.78 is 30.4. The molecule has 0 aromatic carbocycles. The van der Waals surface area contributed by atoms with Gasteiger partial charge in [0.15, 0.2) is 5.82 Å². The molecule has 0 spiro atoms. The van der Waals surface area contributed by atoms with Crippen molar-refractivity contribution in [1.82, 2.24) is 14.8 Å². The van der Waals surface area contributed by atoms with E-state index in [0.717, 1.165) is 25.7 Å². The van der Waals surface area contributed by atoms with Crippen LogP contribution in [0.5, 0.6) is 0 Å². The van der Waals surface area contributed by atoms with Crippen molar-refractivity contribution in [3.63, 3.8) is 0 Å². The quantitative estimate of drug-likeness (QED) is 0.790. The van der Waals surface area contributed by atoms with Crippen LogP contribution >= 0.6 is 10.7 Å². The van der Waals surface area contributed by atoms with Crippen molar-refractivity contribution in [1.29, 1.82) is 0 Å². The van der Waals surface area contributed by atoms with Crippen molar-refractivity contribution < 1.29 is 13.2 Å². The van der Waals surface area contributed by atoms with Crippen LogP contribution in [0.4, 0.5) is 0 Å². The SMILES string of the molecule is CC1(c2nnc(S(=O)(=O)Cl)n2C2CC2)CCCO1. The molecule has 1 aromatic heterocycles. The van der Waals surface area contributed by atoms with Crippen LogP contribution in [0.25, 0.3) is 0 Å². The van der Waals surface area contributed by atoms with E-state index < -0.39 is 14.7 Å². The molecule has 1 unspecified atom stereocenters. The minimum Gasteiger partial charge on any atom is -0.367 e. The molecule has 1 atom stereocenters. The highest BCUT2D eigenvalue weighted by Gasteiger charge is 2.42. The van der Waals surface area contributed by atoms with Crippen molar-refractivity contribution in [2.24, 2.45) is 0 Å². The van der Waals surface area contributed by atoms with Gasteiger partial charge in [-0.15, -0.1) is 10.2 Å². The molecule has 0 bridgehead atoms. The highest BCUT2D eigenvalue weighted by Crippen LogP contribution is 2.43. The van der Waals surface area contributed by atoms with Gasteiger partial charge in [0, 0.05) is 23.3 Å². The van der Waals surface area contributed by atoms with Crippen LogP contribution in [0.15, 0.2) is 5.16 Å². The molecular formula is C10H14ClN3O3S. The average molecular weight is 292 g/mol. The predicted octanol–water partition coefficient (Wildman–Crippen LogP) is 1.57. The van der Waals surface area contributed by atoms with Gasteiger partial charge < -0.3 is 4.74 Å². The summed E-state index contributed by atoms with van der Waals surface area (Å²) in [6, 6.07) is 0.138. The third kappa shape index (κ3) is 1.94. The molecule has 1 aromatic rings. The summed E-state index contributed by atoms with van der Waals surface area (Å²) in [5, 5.41) is 7.62. The summed E-state index contributed by atoms with van der Waals surface area (Å²) in [6.45, 7) is 2.59. The fourth-order valence-electron chi connectivity index (χ4n) is 2.42. The molecule has 2 aliphatic rings. The predicted molar refractivity (Wildman–Crippen MR) is 63.9 cm³/mol. The summed E-state index contributed by atoms with van der Waals surface area (Å²) in [7, 11) is 1.54. The molecule has 1 saturated heterocycles. The smallest absolute Gasteiger partial charge is 0.296 e. The Labute approximate surface area is 110 Å². The fourth-order valence-corrected chi connectivity index (χ4v) is 3.35. The second-order valence-corrected chi connectivity index (χ2v) is 7.49. The minimum atomic E-state index is -3.87. The van der Waals surface area contributed by atoms with Gasteiger partial charge in [-0.05, 0) is 32.6 Å².